The van der Waals surface area contributed by atoms with E-state index in [2.05, 4.69) is 18.6 Å². The molecule has 0 aliphatic heterocycles. The molecule has 1 aromatic carbocycles. The zero-order chi connectivity index (χ0) is 11.9. The first-order valence-corrected chi connectivity index (χ1v) is 5.23. The van der Waals surface area contributed by atoms with Crippen LogP contribution in [0.15, 0.2) is 24.3 Å². The molecule has 2 rings (SSSR count). The third kappa shape index (κ3) is 1.89. The summed E-state index contributed by atoms with van der Waals surface area (Å²) in [6, 6.07) is 6.88. The molecule has 2 N–H and O–H groups in total. The summed E-state index contributed by atoms with van der Waals surface area (Å²) in [4.78, 5) is 0. The molecular formula is C12H15F2NO. The van der Waals surface area contributed by atoms with Crippen molar-refractivity contribution in [2.45, 2.75) is 32.4 Å². The van der Waals surface area contributed by atoms with Crippen LogP contribution < -0.4 is 10.5 Å². The van der Waals surface area contributed by atoms with Crippen molar-refractivity contribution in [1.82, 2.24) is 0 Å². The number of ether oxygens (including phenoxy) is 1. The van der Waals surface area contributed by atoms with Crippen molar-refractivity contribution in [3.05, 3.63) is 29.8 Å². The van der Waals surface area contributed by atoms with E-state index in [4.69, 9.17) is 5.73 Å². The number of alkyl halides is 2. The quantitative estimate of drug-likeness (QED) is 0.861. The minimum atomic E-state index is -2.78. The van der Waals surface area contributed by atoms with Crippen LogP contribution in [-0.2, 0) is 0 Å². The average molecular weight is 227 g/mol. The van der Waals surface area contributed by atoms with E-state index < -0.39 is 6.61 Å². The summed E-state index contributed by atoms with van der Waals surface area (Å²) < 4.78 is 28.5. The topological polar surface area (TPSA) is 35.2 Å². The van der Waals surface area contributed by atoms with Crippen LogP contribution in [0.4, 0.5) is 8.78 Å². The van der Waals surface area contributed by atoms with Gasteiger partial charge in [-0.2, -0.15) is 8.78 Å². The van der Waals surface area contributed by atoms with Gasteiger partial charge in [-0.3, -0.25) is 0 Å². The van der Waals surface area contributed by atoms with E-state index in [1.165, 1.54) is 6.07 Å². The fraction of sp³-hybridized carbons (Fsp3) is 0.500. The van der Waals surface area contributed by atoms with Crippen LogP contribution in [0, 0.1) is 5.41 Å². The standard InChI is InChI=1S/C12H15F2NO/c1-12(2)9(10(12)15)7-4-3-5-8(6-7)16-11(13)14/h3-6,9-11H,15H2,1-2H3. The number of halogens is 2. The number of benzene rings is 1. The fourth-order valence-corrected chi connectivity index (χ4v) is 2.20. The summed E-state index contributed by atoms with van der Waals surface area (Å²) >= 11 is 0. The van der Waals surface area contributed by atoms with Crippen LogP contribution in [0.5, 0.6) is 5.75 Å². The van der Waals surface area contributed by atoms with Gasteiger partial charge in [0.15, 0.2) is 0 Å². The predicted molar refractivity (Wildman–Crippen MR) is 57.6 cm³/mol. The maximum absolute atomic E-state index is 12.1. The van der Waals surface area contributed by atoms with E-state index in [1.807, 2.05) is 6.07 Å². The number of hydrogen-bond donors (Lipinski definition) is 1. The lowest BCUT2D eigenvalue weighted by molar-refractivity contribution is -0.0498. The van der Waals surface area contributed by atoms with E-state index in [0.29, 0.717) is 0 Å². The van der Waals surface area contributed by atoms with Gasteiger partial charge in [-0.25, -0.2) is 0 Å². The van der Waals surface area contributed by atoms with Gasteiger partial charge in [0.25, 0.3) is 0 Å². The van der Waals surface area contributed by atoms with E-state index in [9.17, 15) is 8.78 Å². The van der Waals surface area contributed by atoms with Crippen LogP contribution in [0.1, 0.15) is 25.3 Å². The lowest BCUT2D eigenvalue weighted by atomic mass is 10.0. The highest BCUT2D eigenvalue weighted by molar-refractivity contribution is 5.38. The van der Waals surface area contributed by atoms with Gasteiger partial charge in [0, 0.05) is 12.0 Å². The Bertz CT molecular complexity index is 392. The second-order valence-electron chi connectivity index (χ2n) is 4.78. The van der Waals surface area contributed by atoms with E-state index in [-0.39, 0.29) is 23.1 Å². The monoisotopic (exact) mass is 227 g/mol. The fourth-order valence-electron chi connectivity index (χ4n) is 2.20. The summed E-state index contributed by atoms with van der Waals surface area (Å²) in [5, 5.41) is 0. The smallest absolute Gasteiger partial charge is 0.387 e. The van der Waals surface area contributed by atoms with Crippen LogP contribution in [0.25, 0.3) is 0 Å². The first kappa shape index (κ1) is 11.3. The molecule has 0 aromatic heterocycles. The van der Waals surface area contributed by atoms with Gasteiger partial charge in [0.1, 0.15) is 5.75 Å². The van der Waals surface area contributed by atoms with Gasteiger partial charge in [-0.05, 0) is 23.1 Å². The molecular weight excluding hydrogens is 212 g/mol. The Kier molecular flexibility index (Phi) is 2.62. The molecule has 88 valence electrons. The maximum Gasteiger partial charge on any atom is 0.387 e. The van der Waals surface area contributed by atoms with Gasteiger partial charge in [-0.1, -0.05) is 26.0 Å². The predicted octanol–water partition coefficient (Wildman–Crippen LogP) is 2.74. The van der Waals surface area contributed by atoms with Crippen molar-refractivity contribution in [2.24, 2.45) is 11.1 Å². The highest BCUT2D eigenvalue weighted by Crippen LogP contribution is 2.57. The number of rotatable bonds is 3. The molecule has 0 amide bonds. The van der Waals surface area contributed by atoms with E-state index in [0.717, 1.165) is 5.56 Å². The minimum Gasteiger partial charge on any atom is -0.435 e. The van der Waals surface area contributed by atoms with Crippen molar-refractivity contribution in [3.8, 4) is 5.75 Å². The molecule has 1 saturated carbocycles. The summed E-state index contributed by atoms with van der Waals surface area (Å²) in [6.45, 7) is 1.36. The second-order valence-corrected chi connectivity index (χ2v) is 4.78. The molecule has 4 heteroatoms. The summed E-state index contributed by atoms with van der Waals surface area (Å²) in [5.41, 5.74) is 6.95. The third-order valence-electron chi connectivity index (χ3n) is 3.35. The molecule has 1 aromatic rings. The highest BCUT2D eigenvalue weighted by Gasteiger charge is 2.56. The molecule has 2 atom stereocenters. The summed E-state index contributed by atoms with van der Waals surface area (Å²) in [5.74, 6) is 0.427. The SMILES string of the molecule is CC1(C)C(N)C1c1cccc(OC(F)F)c1. The molecule has 1 aliphatic rings. The Labute approximate surface area is 93.4 Å². The van der Waals surface area contributed by atoms with Crippen molar-refractivity contribution >= 4 is 0 Å². The molecule has 0 saturated heterocycles. The van der Waals surface area contributed by atoms with Crippen molar-refractivity contribution in [1.29, 1.82) is 0 Å². The van der Waals surface area contributed by atoms with E-state index in [1.54, 1.807) is 12.1 Å². The lowest BCUT2D eigenvalue weighted by Gasteiger charge is -2.07. The molecule has 1 aliphatic carbocycles. The molecule has 1 fully saturated rings. The first-order chi connectivity index (χ1) is 7.43. The lowest BCUT2D eigenvalue weighted by Crippen LogP contribution is -2.06. The molecule has 0 heterocycles. The van der Waals surface area contributed by atoms with Gasteiger partial charge >= 0.3 is 6.61 Å². The molecule has 2 unspecified atom stereocenters. The normalized spacial score (nSPS) is 26.9. The number of hydrogen-bond acceptors (Lipinski definition) is 2. The van der Waals surface area contributed by atoms with Crippen LogP contribution in [-0.4, -0.2) is 12.7 Å². The van der Waals surface area contributed by atoms with Crippen LogP contribution in [0.3, 0.4) is 0 Å². The van der Waals surface area contributed by atoms with Crippen LogP contribution >= 0.6 is 0 Å². The second kappa shape index (κ2) is 3.70. The van der Waals surface area contributed by atoms with Gasteiger partial charge < -0.3 is 10.5 Å². The Balaban J connectivity index is 2.18. The Hall–Kier alpha value is -1.16. The molecule has 0 bridgehead atoms. The number of nitrogens with two attached hydrogens (primary N) is 1. The highest BCUT2D eigenvalue weighted by atomic mass is 19.3. The summed E-state index contributed by atoms with van der Waals surface area (Å²) in [7, 11) is 0. The molecule has 0 spiro atoms. The minimum absolute atomic E-state index is 0.0451. The molecule has 0 radical (unpaired) electrons. The first-order valence-electron chi connectivity index (χ1n) is 5.23. The van der Waals surface area contributed by atoms with Crippen molar-refractivity contribution in [2.75, 3.05) is 0 Å². The molecule has 2 nitrogen and oxygen atoms in total. The zero-order valence-corrected chi connectivity index (χ0v) is 9.28. The Morgan fingerprint density at radius 2 is 2.00 bits per heavy atom. The van der Waals surface area contributed by atoms with Gasteiger partial charge in [0.05, 0.1) is 0 Å². The summed E-state index contributed by atoms with van der Waals surface area (Å²) in [6.07, 6.45) is 0. The van der Waals surface area contributed by atoms with Crippen molar-refractivity contribution < 1.29 is 13.5 Å². The van der Waals surface area contributed by atoms with E-state index >= 15 is 0 Å². The average Bonchev–Trinajstić information content (AvgIpc) is 2.65. The van der Waals surface area contributed by atoms with Crippen LogP contribution in [0.2, 0.25) is 0 Å². The van der Waals surface area contributed by atoms with Gasteiger partial charge in [0.2, 0.25) is 0 Å². The maximum atomic E-state index is 12.1. The largest absolute Gasteiger partial charge is 0.435 e. The van der Waals surface area contributed by atoms with Crippen molar-refractivity contribution in [3.63, 3.8) is 0 Å². The molecule has 16 heavy (non-hydrogen) atoms. The Morgan fingerprint density at radius 1 is 1.38 bits per heavy atom. The van der Waals surface area contributed by atoms with Gasteiger partial charge in [-0.15, -0.1) is 0 Å². The zero-order valence-electron chi connectivity index (χ0n) is 9.28. The Morgan fingerprint density at radius 3 is 2.50 bits per heavy atom. The third-order valence-corrected chi connectivity index (χ3v) is 3.35.